The van der Waals surface area contributed by atoms with Crippen molar-refractivity contribution < 1.29 is 33.3 Å². The van der Waals surface area contributed by atoms with E-state index in [2.05, 4.69) is 18.7 Å². The fraction of sp³-hybridized carbons (Fsp3) is 0.324. The van der Waals surface area contributed by atoms with E-state index in [9.17, 15) is 14.4 Å². The molecule has 8 nitrogen and oxygen atoms in total. The quantitative estimate of drug-likeness (QED) is 0.203. The van der Waals surface area contributed by atoms with Crippen LogP contribution in [0, 0.1) is 11.8 Å². The summed E-state index contributed by atoms with van der Waals surface area (Å²) in [6, 6.07) is 25.8. The second-order valence-corrected chi connectivity index (χ2v) is 10.1. The maximum atomic E-state index is 13.4. The zero-order chi connectivity index (χ0) is 29.9. The van der Waals surface area contributed by atoms with Crippen LogP contribution in [0.25, 0.3) is 5.57 Å². The number of rotatable bonds is 12. The molecule has 0 radical (unpaired) electrons. The van der Waals surface area contributed by atoms with Gasteiger partial charge >= 0.3 is 18.0 Å². The maximum Gasteiger partial charge on any atom is 0.410 e. The fourth-order valence-corrected chi connectivity index (χ4v) is 5.26. The molecule has 3 aromatic carbocycles. The van der Waals surface area contributed by atoms with Crippen LogP contribution in [0.15, 0.2) is 91.5 Å². The Labute approximate surface area is 246 Å². The first-order valence-electron chi connectivity index (χ1n) is 14.1. The summed E-state index contributed by atoms with van der Waals surface area (Å²) in [4.78, 5) is 40.5. The molecule has 0 unspecified atom stereocenters. The number of methoxy groups -OCH3 is 1. The van der Waals surface area contributed by atoms with E-state index in [-0.39, 0.29) is 26.2 Å². The second kappa shape index (κ2) is 14.9. The predicted molar refractivity (Wildman–Crippen MR) is 158 cm³/mol. The van der Waals surface area contributed by atoms with Gasteiger partial charge in [0.1, 0.15) is 18.4 Å². The molecule has 0 N–H and O–H groups in total. The zero-order valence-electron chi connectivity index (χ0n) is 24.1. The van der Waals surface area contributed by atoms with Crippen molar-refractivity contribution in [2.24, 2.45) is 11.8 Å². The molecule has 0 bridgehead atoms. The summed E-state index contributed by atoms with van der Waals surface area (Å²) < 4.78 is 21.9. The molecule has 8 heteroatoms. The van der Waals surface area contributed by atoms with E-state index in [0.717, 1.165) is 17.5 Å². The lowest BCUT2D eigenvalue weighted by Gasteiger charge is -2.26. The summed E-state index contributed by atoms with van der Waals surface area (Å²) >= 11 is 0. The summed E-state index contributed by atoms with van der Waals surface area (Å²) in [7, 11) is 1.29. The molecule has 0 aliphatic carbocycles. The lowest BCUT2D eigenvalue weighted by Crippen LogP contribution is -2.45. The molecule has 3 aromatic rings. The minimum Gasteiger partial charge on any atom is -0.493 e. The van der Waals surface area contributed by atoms with Gasteiger partial charge in [-0.1, -0.05) is 79.4 Å². The Morgan fingerprint density at radius 3 is 2.26 bits per heavy atom. The predicted octanol–water partition coefficient (Wildman–Crippen LogP) is 5.70. The monoisotopic (exact) mass is 571 g/mol. The van der Waals surface area contributed by atoms with Crippen LogP contribution in [0.2, 0.25) is 0 Å². The van der Waals surface area contributed by atoms with Gasteiger partial charge in [0.25, 0.3) is 0 Å². The molecule has 1 amide bonds. The number of amides is 1. The Kier molecular flexibility index (Phi) is 10.8. The molecule has 3 atom stereocenters. The molecule has 1 heterocycles. The van der Waals surface area contributed by atoms with Crippen molar-refractivity contribution >= 4 is 23.6 Å². The van der Waals surface area contributed by atoms with Gasteiger partial charge in [-0.25, -0.2) is 9.59 Å². The third-order valence-electron chi connectivity index (χ3n) is 7.40. The second-order valence-electron chi connectivity index (χ2n) is 10.1. The number of benzene rings is 3. The normalized spacial score (nSPS) is 17.8. The molecular formula is C34H37NO7. The maximum absolute atomic E-state index is 13.4. The Morgan fingerprint density at radius 2 is 1.60 bits per heavy atom. The Balaban J connectivity index is 1.55. The van der Waals surface area contributed by atoms with E-state index in [1.807, 2.05) is 72.8 Å². The minimum absolute atomic E-state index is 0.0430. The number of nitrogens with zero attached hydrogens (tertiary/aromatic N) is 1. The summed E-state index contributed by atoms with van der Waals surface area (Å²) in [5.74, 6) is -1.49. The molecule has 1 aliphatic heterocycles. The van der Waals surface area contributed by atoms with Gasteiger partial charge in [-0.2, -0.15) is 0 Å². The standard InChI is InChI=1S/C34H37NO7/c1-4-40-33(37)32-29(21-31(36)39-3)30(22-35(32)34(38)42-23-26-14-9-6-10-15-26)24(2)27-16-11-17-28(20-27)41-19-18-25-12-7-5-8-13-25/h5-17,20,29-30,32H,2,4,18-19,21-23H2,1,3H3/t29-,30+,32-/m0/s1. The summed E-state index contributed by atoms with van der Waals surface area (Å²) in [6.45, 7) is 6.83. The molecular weight excluding hydrogens is 534 g/mol. The molecule has 1 fully saturated rings. The van der Waals surface area contributed by atoms with Gasteiger partial charge in [-0.3, -0.25) is 9.69 Å². The Morgan fingerprint density at radius 1 is 0.905 bits per heavy atom. The summed E-state index contributed by atoms with van der Waals surface area (Å²) in [6.07, 6.45) is -0.00339. The van der Waals surface area contributed by atoms with Crippen LogP contribution in [-0.4, -0.2) is 55.8 Å². The highest BCUT2D eigenvalue weighted by molar-refractivity contribution is 5.85. The number of carbonyl (C=O) groups is 3. The molecule has 1 aliphatic rings. The summed E-state index contributed by atoms with van der Waals surface area (Å²) in [5, 5.41) is 0. The highest BCUT2D eigenvalue weighted by Crippen LogP contribution is 2.42. The number of hydrogen-bond donors (Lipinski definition) is 0. The number of hydrogen-bond acceptors (Lipinski definition) is 7. The molecule has 0 saturated carbocycles. The molecule has 0 spiro atoms. The highest BCUT2D eigenvalue weighted by Gasteiger charge is 2.51. The number of likely N-dealkylation sites (tertiary alicyclic amines) is 1. The van der Waals surface area contributed by atoms with Gasteiger partial charge in [0.2, 0.25) is 0 Å². The smallest absolute Gasteiger partial charge is 0.410 e. The van der Waals surface area contributed by atoms with Crippen LogP contribution >= 0.6 is 0 Å². The van der Waals surface area contributed by atoms with E-state index in [4.69, 9.17) is 18.9 Å². The molecule has 220 valence electrons. The largest absolute Gasteiger partial charge is 0.493 e. The first-order valence-corrected chi connectivity index (χ1v) is 14.1. The van der Waals surface area contributed by atoms with Crippen molar-refractivity contribution in [3.8, 4) is 5.75 Å². The van der Waals surface area contributed by atoms with Gasteiger partial charge in [0.05, 0.1) is 26.7 Å². The van der Waals surface area contributed by atoms with Crippen molar-refractivity contribution in [1.82, 2.24) is 4.90 Å². The topological polar surface area (TPSA) is 91.4 Å². The van der Waals surface area contributed by atoms with Gasteiger partial charge < -0.3 is 18.9 Å². The van der Waals surface area contributed by atoms with Gasteiger partial charge in [0, 0.05) is 24.8 Å². The van der Waals surface area contributed by atoms with E-state index in [0.29, 0.717) is 17.9 Å². The van der Waals surface area contributed by atoms with Crippen molar-refractivity contribution in [1.29, 1.82) is 0 Å². The van der Waals surface area contributed by atoms with Crippen LogP contribution in [-0.2, 0) is 36.8 Å². The van der Waals surface area contributed by atoms with Crippen LogP contribution < -0.4 is 4.74 Å². The highest BCUT2D eigenvalue weighted by atomic mass is 16.6. The molecule has 1 saturated heterocycles. The SMILES string of the molecule is C=C(c1cccc(OCCc2ccccc2)c1)[C@H]1CN(C(=O)OCc2ccccc2)[C@H](C(=O)OCC)[C@H]1CC(=O)OC. The molecule has 0 aromatic heterocycles. The van der Waals surface area contributed by atoms with Crippen molar-refractivity contribution in [2.45, 2.75) is 32.4 Å². The Bertz CT molecular complexity index is 1360. The van der Waals surface area contributed by atoms with E-state index >= 15 is 0 Å². The van der Waals surface area contributed by atoms with Crippen LogP contribution in [0.1, 0.15) is 30.0 Å². The van der Waals surface area contributed by atoms with Crippen molar-refractivity contribution in [3.63, 3.8) is 0 Å². The van der Waals surface area contributed by atoms with Gasteiger partial charge in [-0.05, 0) is 41.3 Å². The van der Waals surface area contributed by atoms with E-state index in [1.165, 1.54) is 17.6 Å². The number of esters is 2. The lowest BCUT2D eigenvalue weighted by molar-refractivity contribution is -0.150. The van der Waals surface area contributed by atoms with E-state index in [1.54, 1.807) is 6.92 Å². The average molecular weight is 572 g/mol. The number of ether oxygens (including phenoxy) is 4. The average Bonchev–Trinajstić information content (AvgIpc) is 3.39. The zero-order valence-corrected chi connectivity index (χ0v) is 24.1. The lowest BCUT2D eigenvalue weighted by atomic mass is 9.81. The molecule has 42 heavy (non-hydrogen) atoms. The fourth-order valence-electron chi connectivity index (χ4n) is 5.26. The van der Waals surface area contributed by atoms with Crippen molar-refractivity contribution in [2.75, 3.05) is 26.9 Å². The molecule has 4 rings (SSSR count). The van der Waals surface area contributed by atoms with Gasteiger partial charge in [-0.15, -0.1) is 0 Å². The van der Waals surface area contributed by atoms with Crippen LogP contribution in [0.4, 0.5) is 4.79 Å². The summed E-state index contributed by atoms with van der Waals surface area (Å²) in [5.41, 5.74) is 3.45. The first-order chi connectivity index (χ1) is 20.4. The van der Waals surface area contributed by atoms with Gasteiger partial charge in [0.15, 0.2) is 0 Å². The first kappa shape index (κ1) is 30.4. The van der Waals surface area contributed by atoms with Crippen molar-refractivity contribution in [3.05, 3.63) is 108 Å². The Hall–Kier alpha value is -4.59. The third-order valence-corrected chi connectivity index (χ3v) is 7.40. The van der Waals surface area contributed by atoms with Crippen LogP contribution in [0.3, 0.4) is 0 Å². The minimum atomic E-state index is -1.04. The van der Waals surface area contributed by atoms with E-state index < -0.39 is 35.9 Å². The van der Waals surface area contributed by atoms with Crippen LogP contribution in [0.5, 0.6) is 5.75 Å². The number of carbonyl (C=O) groups excluding carboxylic acids is 3. The third kappa shape index (κ3) is 7.78.